The molecule has 2 amide bonds. The number of carbonyl (C=O) groups is 2. The molecule has 0 bridgehead atoms. The molecule has 1 aromatic rings. The van der Waals surface area contributed by atoms with Crippen molar-refractivity contribution in [1.82, 2.24) is 19.9 Å². The van der Waals surface area contributed by atoms with E-state index in [0.29, 0.717) is 19.8 Å². The molecule has 1 aromatic heterocycles. The second kappa shape index (κ2) is 7.77. The number of morpholine rings is 1. The van der Waals surface area contributed by atoms with Crippen LogP contribution in [-0.4, -0.2) is 68.4 Å². The number of nitrogens with zero attached hydrogens (tertiary/aromatic N) is 1. The van der Waals surface area contributed by atoms with Crippen molar-refractivity contribution in [2.75, 3.05) is 32.8 Å². The van der Waals surface area contributed by atoms with Crippen LogP contribution in [0.4, 0.5) is 0 Å². The minimum absolute atomic E-state index is 0.0141. The van der Waals surface area contributed by atoms with Gasteiger partial charge in [0.15, 0.2) is 0 Å². The fourth-order valence-corrected chi connectivity index (χ4v) is 3.66. The summed E-state index contributed by atoms with van der Waals surface area (Å²) >= 11 is 0. The van der Waals surface area contributed by atoms with Crippen molar-refractivity contribution in [3.05, 3.63) is 18.0 Å². The number of hydrogen-bond acceptors (Lipinski definition) is 5. The molecule has 2 rings (SSSR count). The maximum atomic E-state index is 12.5. The summed E-state index contributed by atoms with van der Waals surface area (Å²) in [5.41, 5.74) is 0.0815. The SMILES string of the molecule is CCNC(=O)[C@H](C)NC(=O)c1cc(S(=O)(=O)N2CCOCC2)c[nH]1. The number of ether oxygens (including phenoxy) is 1. The Morgan fingerprint density at radius 3 is 2.67 bits per heavy atom. The van der Waals surface area contributed by atoms with E-state index in [9.17, 15) is 18.0 Å². The fraction of sp³-hybridized carbons (Fsp3) is 0.571. The zero-order valence-corrected chi connectivity index (χ0v) is 14.5. The van der Waals surface area contributed by atoms with Gasteiger partial charge in [-0.05, 0) is 19.9 Å². The van der Waals surface area contributed by atoms with Crippen molar-refractivity contribution >= 4 is 21.8 Å². The van der Waals surface area contributed by atoms with Crippen LogP contribution in [0.2, 0.25) is 0 Å². The number of aromatic nitrogens is 1. The predicted octanol–water partition coefficient (Wildman–Crippen LogP) is -0.710. The minimum atomic E-state index is -3.67. The Kier molecular flexibility index (Phi) is 5.97. The number of rotatable bonds is 6. The quantitative estimate of drug-likeness (QED) is 0.620. The van der Waals surface area contributed by atoms with Crippen LogP contribution < -0.4 is 10.6 Å². The third-order valence-electron chi connectivity index (χ3n) is 3.60. The Morgan fingerprint density at radius 1 is 1.38 bits per heavy atom. The van der Waals surface area contributed by atoms with Gasteiger partial charge in [0.1, 0.15) is 16.6 Å². The largest absolute Gasteiger partial charge is 0.379 e. The molecule has 1 atom stereocenters. The second-order valence-electron chi connectivity index (χ2n) is 5.36. The van der Waals surface area contributed by atoms with Crippen molar-refractivity contribution in [3.63, 3.8) is 0 Å². The first-order valence-corrected chi connectivity index (χ1v) is 9.15. The smallest absolute Gasteiger partial charge is 0.268 e. The van der Waals surface area contributed by atoms with Gasteiger partial charge in [0, 0.05) is 25.8 Å². The highest BCUT2D eigenvalue weighted by molar-refractivity contribution is 7.89. The summed E-state index contributed by atoms with van der Waals surface area (Å²) in [6, 6.07) is 0.546. The number of hydrogen-bond donors (Lipinski definition) is 3. The van der Waals surface area contributed by atoms with Gasteiger partial charge in [0.05, 0.1) is 13.2 Å². The molecule has 134 valence electrons. The molecule has 1 fully saturated rings. The molecule has 1 saturated heterocycles. The number of H-pyrrole nitrogens is 1. The van der Waals surface area contributed by atoms with Crippen LogP contribution in [0.5, 0.6) is 0 Å². The van der Waals surface area contributed by atoms with E-state index in [1.165, 1.54) is 16.6 Å². The predicted molar refractivity (Wildman–Crippen MR) is 86.0 cm³/mol. The summed E-state index contributed by atoms with van der Waals surface area (Å²) in [6.07, 6.45) is 1.27. The monoisotopic (exact) mass is 358 g/mol. The van der Waals surface area contributed by atoms with Gasteiger partial charge in [-0.2, -0.15) is 4.31 Å². The Bertz CT molecular complexity index is 694. The van der Waals surface area contributed by atoms with Crippen LogP contribution in [-0.2, 0) is 19.6 Å². The van der Waals surface area contributed by atoms with E-state index in [2.05, 4.69) is 15.6 Å². The van der Waals surface area contributed by atoms with E-state index >= 15 is 0 Å². The lowest BCUT2D eigenvalue weighted by molar-refractivity contribution is -0.122. The third-order valence-corrected chi connectivity index (χ3v) is 5.48. The number of amides is 2. The molecule has 9 nitrogen and oxygen atoms in total. The zero-order chi connectivity index (χ0) is 17.7. The molecular weight excluding hydrogens is 336 g/mol. The zero-order valence-electron chi connectivity index (χ0n) is 13.7. The average Bonchev–Trinajstić information content (AvgIpc) is 3.06. The average molecular weight is 358 g/mol. The topological polar surface area (TPSA) is 121 Å². The van der Waals surface area contributed by atoms with E-state index in [1.54, 1.807) is 13.8 Å². The molecule has 2 heterocycles. The summed E-state index contributed by atoms with van der Waals surface area (Å²) in [5.74, 6) is -0.851. The van der Waals surface area contributed by atoms with E-state index in [1.807, 2.05) is 0 Å². The van der Waals surface area contributed by atoms with Gasteiger partial charge in [-0.25, -0.2) is 8.42 Å². The van der Waals surface area contributed by atoms with Crippen molar-refractivity contribution in [2.45, 2.75) is 24.8 Å². The van der Waals surface area contributed by atoms with Gasteiger partial charge in [0.2, 0.25) is 15.9 Å². The maximum Gasteiger partial charge on any atom is 0.268 e. The lowest BCUT2D eigenvalue weighted by Crippen LogP contribution is -2.44. The molecule has 0 saturated carbocycles. The minimum Gasteiger partial charge on any atom is -0.379 e. The highest BCUT2D eigenvalue weighted by Crippen LogP contribution is 2.18. The number of carbonyl (C=O) groups excluding carboxylic acids is 2. The molecule has 1 aliphatic rings. The van der Waals surface area contributed by atoms with Crippen LogP contribution in [0.3, 0.4) is 0 Å². The van der Waals surface area contributed by atoms with Crippen LogP contribution >= 0.6 is 0 Å². The van der Waals surface area contributed by atoms with Gasteiger partial charge in [-0.3, -0.25) is 9.59 Å². The van der Waals surface area contributed by atoms with Crippen LogP contribution in [0, 0.1) is 0 Å². The van der Waals surface area contributed by atoms with Crippen molar-refractivity contribution < 1.29 is 22.7 Å². The first-order valence-electron chi connectivity index (χ1n) is 7.71. The first-order chi connectivity index (χ1) is 11.4. The lowest BCUT2D eigenvalue weighted by Gasteiger charge is -2.25. The molecule has 0 unspecified atom stereocenters. The van der Waals surface area contributed by atoms with Crippen molar-refractivity contribution in [2.24, 2.45) is 0 Å². The molecule has 0 aromatic carbocycles. The lowest BCUT2D eigenvalue weighted by atomic mass is 10.3. The number of sulfonamides is 1. The third kappa shape index (κ3) is 4.13. The van der Waals surface area contributed by atoms with Gasteiger partial charge in [-0.15, -0.1) is 0 Å². The molecular formula is C14H22N4O5S. The normalized spacial score (nSPS) is 17.2. The van der Waals surface area contributed by atoms with Gasteiger partial charge in [0.25, 0.3) is 5.91 Å². The molecule has 10 heteroatoms. The van der Waals surface area contributed by atoms with E-state index in [-0.39, 0.29) is 29.6 Å². The molecule has 24 heavy (non-hydrogen) atoms. The molecule has 1 aliphatic heterocycles. The van der Waals surface area contributed by atoms with Crippen LogP contribution in [0.25, 0.3) is 0 Å². The summed E-state index contributed by atoms with van der Waals surface area (Å²) in [5, 5.41) is 5.11. The van der Waals surface area contributed by atoms with Gasteiger partial charge in [-0.1, -0.05) is 0 Å². The number of nitrogens with one attached hydrogen (secondary N) is 3. The molecule has 0 aliphatic carbocycles. The van der Waals surface area contributed by atoms with Crippen LogP contribution in [0.1, 0.15) is 24.3 Å². The van der Waals surface area contributed by atoms with E-state index < -0.39 is 22.0 Å². The maximum absolute atomic E-state index is 12.5. The summed E-state index contributed by atoms with van der Waals surface area (Å²) in [7, 11) is -3.67. The Morgan fingerprint density at radius 2 is 2.04 bits per heavy atom. The summed E-state index contributed by atoms with van der Waals surface area (Å²) in [4.78, 5) is 26.4. The Balaban J connectivity index is 2.06. The molecule has 0 radical (unpaired) electrons. The van der Waals surface area contributed by atoms with E-state index in [0.717, 1.165) is 0 Å². The number of likely N-dealkylation sites (N-methyl/N-ethyl adjacent to an activating group) is 1. The van der Waals surface area contributed by atoms with E-state index in [4.69, 9.17) is 4.74 Å². The second-order valence-corrected chi connectivity index (χ2v) is 7.29. The van der Waals surface area contributed by atoms with Gasteiger partial charge >= 0.3 is 0 Å². The van der Waals surface area contributed by atoms with Crippen LogP contribution in [0.15, 0.2) is 17.2 Å². The van der Waals surface area contributed by atoms with Gasteiger partial charge < -0.3 is 20.4 Å². The fourth-order valence-electron chi connectivity index (χ4n) is 2.26. The summed E-state index contributed by atoms with van der Waals surface area (Å²) < 4.78 is 31.4. The van der Waals surface area contributed by atoms with Crippen molar-refractivity contribution in [3.8, 4) is 0 Å². The Hall–Kier alpha value is -1.91. The molecule has 0 spiro atoms. The molecule has 3 N–H and O–H groups in total. The number of aromatic amines is 1. The Labute approximate surface area is 140 Å². The van der Waals surface area contributed by atoms with Crippen molar-refractivity contribution in [1.29, 1.82) is 0 Å². The standard InChI is InChI=1S/C14H22N4O5S/c1-3-15-13(19)10(2)17-14(20)12-8-11(9-16-12)24(21,22)18-4-6-23-7-5-18/h8-10,16H,3-7H2,1-2H3,(H,15,19)(H,17,20)/t10-/m0/s1. The highest BCUT2D eigenvalue weighted by atomic mass is 32.2. The first kappa shape index (κ1) is 18.4. The summed E-state index contributed by atoms with van der Waals surface area (Å²) in [6.45, 7) is 5.05. The highest BCUT2D eigenvalue weighted by Gasteiger charge is 2.28.